The Labute approximate surface area is 127 Å². The summed E-state index contributed by atoms with van der Waals surface area (Å²) in [5, 5.41) is 6.92. The Bertz CT molecular complexity index is 533. The van der Waals surface area contributed by atoms with Crippen LogP contribution >= 0.6 is 22.9 Å². The van der Waals surface area contributed by atoms with Gasteiger partial charge in [0.15, 0.2) is 0 Å². The lowest BCUT2D eigenvalue weighted by molar-refractivity contribution is 0.199. The fourth-order valence-corrected chi connectivity index (χ4v) is 2.47. The topological polar surface area (TPSA) is 43.4 Å². The van der Waals surface area contributed by atoms with Gasteiger partial charge in [-0.25, -0.2) is 4.98 Å². The third-order valence-corrected chi connectivity index (χ3v) is 3.65. The van der Waals surface area contributed by atoms with Gasteiger partial charge in [-0.1, -0.05) is 17.7 Å². The number of aromatic nitrogens is 1. The van der Waals surface area contributed by atoms with E-state index in [1.807, 2.05) is 23.6 Å². The second-order valence-corrected chi connectivity index (χ2v) is 5.53. The lowest BCUT2D eigenvalue weighted by atomic mass is 10.3. The second kappa shape index (κ2) is 8.21. The number of nitrogens with one attached hydrogen (secondary N) is 1. The zero-order chi connectivity index (χ0) is 14.2. The van der Waals surface area contributed by atoms with E-state index in [0.29, 0.717) is 18.2 Å². The minimum Gasteiger partial charge on any atom is -0.486 e. The normalized spacial score (nSPS) is 10.7. The Morgan fingerprint density at radius 1 is 1.40 bits per heavy atom. The summed E-state index contributed by atoms with van der Waals surface area (Å²) in [5.41, 5.74) is 1.02. The monoisotopic (exact) mass is 312 g/mol. The molecule has 1 N–H and O–H groups in total. The van der Waals surface area contributed by atoms with E-state index >= 15 is 0 Å². The van der Waals surface area contributed by atoms with Gasteiger partial charge in [0, 0.05) is 30.6 Å². The van der Waals surface area contributed by atoms with E-state index in [1.165, 1.54) is 0 Å². The maximum Gasteiger partial charge on any atom is 0.140 e. The summed E-state index contributed by atoms with van der Waals surface area (Å²) in [6.07, 6.45) is 0. The van der Waals surface area contributed by atoms with Crippen LogP contribution in [-0.2, 0) is 17.9 Å². The average Bonchev–Trinajstić information content (AvgIpc) is 2.89. The number of nitrogens with zero attached hydrogens (tertiary/aromatic N) is 1. The molecule has 108 valence electrons. The zero-order valence-corrected chi connectivity index (χ0v) is 12.8. The maximum atomic E-state index is 5.90. The molecule has 0 unspecified atom stereocenters. The van der Waals surface area contributed by atoms with Crippen molar-refractivity contribution in [2.24, 2.45) is 0 Å². The lowest BCUT2D eigenvalue weighted by Crippen LogP contribution is -2.18. The molecular formula is C14H17ClN2O2S. The van der Waals surface area contributed by atoms with E-state index < -0.39 is 0 Å². The molecule has 0 radical (unpaired) electrons. The highest BCUT2D eigenvalue weighted by molar-refractivity contribution is 7.09. The summed E-state index contributed by atoms with van der Waals surface area (Å²) >= 11 is 7.50. The molecule has 0 atom stereocenters. The van der Waals surface area contributed by atoms with E-state index in [-0.39, 0.29) is 0 Å². The molecule has 1 heterocycles. The number of thiazole rings is 1. The Kier molecular flexibility index (Phi) is 6.26. The smallest absolute Gasteiger partial charge is 0.140 e. The van der Waals surface area contributed by atoms with Gasteiger partial charge in [0.2, 0.25) is 0 Å². The van der Waals surface area contributed by atoms with Crippen LogP contribution in [0.25, 0.3) is 0 Å². The molecule has 0 spiro atoms. The number of ether oxygens (including phenoxy) is 2. The molecule has 0 aliphatic rings. The maximum absolute atomic E-state index is 5.90. The molecule has 2 rings (SSSR count). The van der Waals surface area contributed by atoms with Crippen molar-refractivity contribution >= 4 is 22.9 Å². The third-order valence-electron chi connectivity index (χ3n) is 2.55. The number of halogens is 1. The first kappa shape index (κ1) is 15.3. The second-order valence-electron chi connectivity index (χ2n) is 4.15. The molecule has 6 heteroatoms. The van der Waals surface area contributed by atoms with Crippen LogP contribution in [-0.4, -0.2) is 25.2 Å². The van der Waals surface area contributed by atoms with E-state index in [1.54, 1.807) is 24.5 Å². The van der Waals surface area contributed by atoms with Gasteiger partial charge in [0.1, 0.15) is 17.4 Å². The van der Waals surface area contributed by atoms with Crippen molar-refractivity contribution in [2.45, 2.75) is 13.2 Å². The van der Waals surface area contributed by atoms with Gasteiger partial charge in [-0.3, -0.25) is 0 Å². The Morgan fingerprint density at radius 3 is 3.10 bits per heavy atom. The van der Waals surface area contributed by atoms with Gasteiger partial charge in [-0.05, 0) is 18.2 Å². The number of benzene rings is 1. The highest BCUT2D eigenvalue weighted by Gasteiger charge is 2.03. The Morgan fingerprint density at radius 2 is 2.30 bits per heavy atom. The summed E-state index contributed by atoms with van der Waals surface area (Å²) in [6.45, 7) is 2.73. The van der Waals surface area contributed by atoms with E-state index in [4.69, 9.17) is 21.1 Å². The van der Waals surface area contributed by atoms with Crippen molar-refractivity contribution in [3.8, 4) is 5.75 Å². The van der Waals surface area contributed by atoms with Crippen molar-refractivity contribution in [3.05, 3.63) is 45.4 Å². The number of rotatable bonds is 8. The van der Waals surface area contributed by atoms with Crippen molar-refractivity contribution in [2.75, 3.05) is 20.3 Å². The quantitative estimate of drug-likeness (QED) is 0.761. The van der Waals surface area contributed by atoms with Crippen LogP contribution in [0.4, 0.5) is 0 Å². The van der Waals surface area contributed by atoms with Gasteiger partial charge < -0.3 is 14.8 Å². The molecule has 0 aliphatic heterocycles. The van der Waals surface area contributed by atoms with Crippen LogP contribution in [0.1, 0.15) is 10.7 Å². The summed E-state index contributed by atoms with van der Waals surface area (Å²) in [5.74, 6) is 0.757. The van der Waals surface area contributed by atoms with E-state index in [0.717, 1.165) is 29.5 Å². The van der Waals surface area contributed by atoms with Crippen LogP contribution in [0.5, 0.6) is 5.75 Å². The van der Waals surface area contributed by atoms with Crippen LogP contribution < -0.4 is 10.1 Å². The van der Waals surface area contributed by atoms with Crippen molar-refractivity contribution in [1.29, 1.82) is 0 Å². The highest BCUT2D eigenvalue weighted by atomic mass is 35.5. The fraction of sp³-hybridized carbons (Fsp3) is 0.357. The molecular weight excluding hydrogens is 296 g/mol. The highest BCUT2D eigenvalue weighted by Crippen LogP contribution is 2.19. The van der Waals surface area contributed by atoms with Crippen molar-refractivity contribution in [1.82, 2.24) is 10.3 Å². The van der Waals surface area contributed by atoms with Gasteiger partial charge in [0.25, 0.3) is 0 Å². The predicted molar refractivity (Wildman–Crippen MR) is 81.5 cm³/mol. The molecule has 20 heavy (non-hydrogen) atoms. The minimum absolute atomic E-state index is 0.461. The Balaban J connectivity index is 1.78. The molecule has 1 aromatic heterocycles. The van der Waals surface area contributed by atoms with Gasteiger partial charge in [-0.2, -0.15) is 0 Å². The number of hydrogen-bond donors (Lipinski definition) is 1. The molecule has 1 aromatic carbocycles. The summed E-state index contributed by atoms with van der Waals surface area (Å²) in [4.78, 5) is 4.50. The first-order valence-electron chi connectivity index (χ1n) is 6.29. The predicted octanol–water partition coefficient (Wildman–Crippen LogP) is 3.11. The standard InChI is InChI=1S/C14H17ClN2O2S/c1-18-6-5-16-8-12-10-20-14(17-12)9-19-13-4-2-3-11(15)7-13/h2-4,7,10,16H,5-6,8-9H2,1H3. The SMILES string of the molecule is COCCNCc1csc(COc2cccc(Cl)c2)n1. The Hall–Kier alpha value is -1.14. The fourth-order valence-electron chi connectivity index (χ4n) is 1.59. The minimum atomic E-state index is 0.461. The third kappa shape index (κ3) is 5.09. The van der Waals surface area contributed by atoms with Gasteiger partial charge in [0.05, 0.1) is 12.3 Å². The molecule has 4 nitrogen and oxygen atoms in total. The average molecular weight is 313 g/mol. The first-order chi connectivity index (χ1) is 9.78. The number of methoxy groups -OCH3 is 1. The molecule has 0 aliphatic carbocycles. The van der Waals surface area contributed by atoms with Crippen LogP contribution in [0.3, 0.4) is 0 Å². The van der Waals surface area contributed by atoms with Crippen LogP contribution in [0.15, 0.2) is 29.6 Å². The van der Waals surface area contributed by atoms with Crippen molar-refractivity contribution in [3.63, 3.8) is 0 Å². The summed E-state index contributed by atoms with van der Waals surface area (Å²) < 4.78 is 10.6. The van der Waals surface area contributed by atoms with Gasteiger partial charge in [-0.15, -0.1) is 11.3 Å². The summed E-state index contributed by atoms with van der Waals surface area (Å²) in [7, 11) is 1.69. The summed E-state index contributed by atoms with van der Waals surface area (Å²) in [6, 6.07) is 7.36. The zero-order valence-electron chi connectivity index (χ0n) is 11.3. The molecule has 0 bridgehead atoms. The molecule has 2 aromatic rings. The van der Waals surface area contributed by atoms with Crippen LogP contribution in [0.2, 0.25) is 5.02 Å². The van der Waals surface area contributed by atoms with Crippen LogP contribution in [0, 0.1) is 0 Å². The first-order valence-corrected chi connectivity index (χ1v) is 7.55. The lowest BCUT2D eigenvalue weighted by Gasteiger charge is -2.04. The van der Waals surface area contributed by atoms with E-state index in [9.17, 15) is 0 Å². The van der Waals surface area contributed by atoms with Crippen molar-refractivity contribution < 1.29 is 9.47 Å². The van der Waals surface area contributed by atoms with E-state index in [2.05, 4.69) is 10.3 Å². The largest absolute Gasteiger partial charge is 0.486 e. The van der Waals surface area contributed by atoms with Gasteiger partial charge >= 0.3 is 0 Å². The molecule has 0 saturated carbocycles. The number of hydrogen-bond acceptors (Lipinski definition) is 5. The molecule has 0 amide bonds. The molecule has 0 saturated heterocycles. The molecule has 0 fully saturated rings.